The number of nitrogens with zero attached hydrogens (tertiary/aromatic N) is 4. The van der Waals surface area contributed by atoms with Gasteiger partial charge in [-0.05, 0) is 18.2 Å². The first-order valence-electron chi connectivity index (χ1n) is 7.94. The van der Waals surface area contributed by atoms with Gasteiger partial charge in [-0.15, -0.1) is 0 Å². The zero-order chi connectivity index (χ0) is 20.2. The standard InChI is InChI=1S/C17H12F4N6O/c1-26-6-5-11(25-26)8-7-27(16(28)12-13(8)23-24-15(12)22)14-9(17(19,20)21)3-2-4-10(14)18/h2-7H,1H3,(H3,22,23,24). The number of hydrogen-bond donors (Lipinski definition) is 2. The van der Waals surface area contributed by atoms with E-state index in [2.05, 4.69) is 15.3 Å². The highest BCUT2D eigenvalue weighted by atomic mass is 19.4. The molecule has 3 heterocycles. The van der Waals surface area contributed by atoms with Crippen LogP contribution in [0.25, 0.3) is 27.8 Å². The van der Waals surface area contributed by atoms with Gasteiger partial charge in [0.15, 0.2) is 5.82 Å². The average Bonchev–Trinajstić information content (AvgIpc) is 3.21. The van der Waals surface area contributed by atoms with Crippen molar-refractivity contribution >= 4 is 16.7 Å². The van der Waals surface area contributed by atoms with E-state index in [4.69, 9.17) is 5.73 Å². The number of para-hydroxylation sites is 1. The largest absolute Gasteiger partial charge is 0.418 e. The first-order valence-corrected chi connectivity index (χ1v) is 7.94. The van der Waals surface area contributed by atoms with Crippen LogP contribution >= 0.6 is 0 Å². The Kier molecular flexibility index (Phi) is 3.77. The van der Waals surface area contributed by atoms with Crippen LogP contribution in [0.1, 0.15) is 5.56 Å². The summed E-state index contributed by atoms with van der Waals surface area (Å²) in [7, 11) is 1.65. The molecule has 0 aliphatic heterocycles. The Morgan fingerprint density at radius 3 is 2.61 bits per heavy atom. The van der Waals surface area contributed by atoms with Gasteiger partial charge in [-0.3, -0.25) is 19.1 Å². The molecule has 4 aromatic rings. The summed E-state index contributed by atoms with van der Waals surface area (Å²) in [6, 6.07) is 4.07. The molecule has 0 radical (unpaired) electrons. The number of fused-ring (bicyclic) bond motifs is 1. The van der Waals surface area contributed by atoms with Crippen molar-refractivity contribution < 1.29 is 17.6 Å². The lowest BCUT2D eigenvalue weighted by atomic mass is 10.1. The van der Waals surface area contributed by atoms with Gasteiger partial charge in [0.1, 0.15) is 11.2 Å². The molecule has 0 fully saturated rings. The van der Waals surface area contributed by atoms with E-state index in [0.29, 0.717) is 16.3 Å². The van der Waals surface area contributed by atoms with Crippen molar-refractivity contribution in [1.29, 1.82) is 0 Å². The molecule has 0 spiro atoms. The molecule has 0 saturated carbocycles. The smallest absolute Gasteiger partial charge is 0.382 e. The summed E-state index contributed by atoms with van der Waals surface area (Å²) < 4.78 is 56.9. The number of hydrogen-bond acceptors (Lipinski definition) is 4. The summed E-state index contributed by atoms with van der Waals surface area (Å²) in [6.07, 6.45) is -2.17. The normalized spacial score (nSPS) is 12.0. The topological polar surface area (TPSA) is 94.5 Å². The maximum Gasteiger partial charge on any atom is 0.418 e. The van der Waals surface area contributed by atoms with Crippen LogP contribution in [0, 0.1) is 5.82 Å². The number of aromatic amines is 1. The zero-order valence-electron chi connectivity index (χ0n) is 14.3. The number of nitrogens with one attached hydrogen (secondary N) is 1. The van der Waals surface area contributed by atoms with E-state index < -0.39 is 28.8 Å². The molecule has 4 rings (SSSR count). The minimum Gasteiger partial charge on any atom is -0.382 e. The number of benzene rings is 1. The number of nitrogens with two attached hydrogens (primary N) is 1. The van der Waals surface area contributed by atoms with Crippen LogP contribution in [0.15, 0.2) is 41.5 Å². The summed E-state index contributed by atoms with van der Waals surface area (Å²) in [5.74, 6) is -1.42. The number of anilines is 1. The fourth-order valence-electron chi connectivity index (χ4n) is 3.05. The van der Waals surface area contributed by atoms with Gasteiger partial charge in [0.05, 0.1) is 22.5 Å². The highest BCUT2D eigenvalue weighted by Crippen LogP contribution is 2.36. The Bertz CT molecular complexity index is 1270. The van der Waals surface area contributed by atoms with Crippen molar-refractivity contribution in [3.05, 3.63) is 58.4 Å². The molecule has 0 unspecified atom stereocenters. The van der Waals surface area contributed by atoms with E-state index in [1.165, 1.54) is 4.68 Å². The fraction of sp³-hybridized carbons (Fsp3) is 0.118. The number of H-pyrrole nitrogens is 1. The van der Waals surface area contributed by atoms with Crippen molar-refractivity contribution in [1.82, 2.24) is 24.5 Å². The van der Waals surface area contributed by atoms with E-state index >= 15 is 0 Å². The molecular weight excluding hydrogens is 380 g/mol. The summed E-state index contributed by atoms with van der Waals surface area (Å²) in [5, 5.41) is 10.4. The SMILES string of the molecule is Cn1ccc(-c2cn(-c3c(F)cccc3C(F)(F)F)c(=O)c3c(N)n[nH]c23)n1. The molecule has 7 nitrogen and oxygen atoms in total. The second-order valence-corrected chi connectivity index (χ2v) is 6.09. The lowest BCUT2D eigenvalue weighted by Gasteiger charge is -2.16. The number of halogens is 4. The van der Waals surface area contributed by atoms with Crippen LogP contribution in [0.3, 0.4) is 0 Å². The van der Waals surface area contributed by atoms with Crippen LogP contribution < -0.4 is 11.3 Å². The van der Waals surface area contributed by atoms with Gasteiger partial charge < -0.3 is 5.73 Å². The molecule has 0 aliphatic carbocycles. The predicted octanol–water partition coefficient (Wildman–Crippen LogP) is 2.85. The third-order valence-electron chi connectivity index (χ3n) is 4.28. The summed E-state index contributed by atoms with van der Waals surface area (Å²) in [5.41, 5.74) is 3.39. The summed E-state index contributed by atoms with van der Waals surface area (Å²) >= 11 is 0. The zero-order valence-corrected chi connectivity index (χ0v) is 14.3. The maximum atomic E-state index is 14.5. The van der Waals surface area contributed by atoms with Crippen molar-refractivity contribution in [2.45, 2.75) is 6.18 Å². The predicted molar refractivity (Wildman–Crippen MR) is 93.3 cm³/mol. The molecule has 0 aliphatic rings. The summed E-state index contributed by atoms with van der Waals surface area (Å²) in [4.78, 5) is 12.9. The van der Waals surface area contributed by atoms with Gasteiger partial charge in [0.2, 0.25) is 0 Å². The van der Waals surface area contributed by atoms with Gasteiger partial charge in [0, 0.05) is 25.0 Å². The number of aromatic nitrogens is 5. The van der Waals surface area contributed by atoms with E-state index in [1.54, 1.807) is 19.3 Å². The average molecular weight is 392 g/mol. The van der Waals surface area contributed by atoms with Gasteiger partial charge in [-0.1, -0.05) is 6.07 Å². The van der Waals surface area contributed by atoms with E-state index in [1.807, 2.05) is 0 Å². The van der Waals surface area contributed by atoms with Crippen LogP contribution in [-0.2, 0) is 13.2 Å². The van der Waals surface area contributed by atoms with E-state index in [-0.39, 0.29) is 22.3 Å². The Hall–Kier alpha value is -3.63. The minimum atomic E-state index is -4.88. The summed E-state index contributed by atoms with van der Waals surface area (Å²) in [6.45, 7) is 0. The van der Waals surface area contributed by atoms with Crippen molar-refractivity contribution in [2.75, 3.05) is 5.73 Å². The lowest BCUT2D eigenvalue weighted by molar-refractivity contribution is -0.137. The van der Waals surface area contributed by atoms with Gasteiger partial charge in [-0.25, -0.2) is 4.39 Å². The molecule has 28 heavy (non-hydrogen) atoms. The second kappa shape index (κ2) is 5.94. The Morgan fingerprint density at radius 2 is 1.96 bits per heavy atom. The molecule has 11 heteroatoms. The van der Waals surface area contributed by atoms with Crippen LogP contribution in [0.2, 0.25) is 0 Å². The quantitative estimate of drug-likeness (QED) is 0.513. The van der Waals surface area contributed by atoms with Crippen molar-refractivity contribution in [3.8, 4) is 16.9 Å². The molecule has 144 valence electrons. The van der Waals surface area contributed by atoms with E-state index in [9.17, 15) is 22.4 Å². The van der Waals surface area contributed by atoms with Crippen molar-refractivity contribution in [2.24, 2.45) is 7.05 Å². The number of rotatable bonds is 2. The van der Waals surface area contributed by atoms with Crippen LogP contribution in [-0.4, -0.2) is 24.5 Å². The maximum absolute atomic E-state index is 14.5. The highest BCUT2D eigenvalue weighted by molar-refractivity contribution is 5.97. The van der Waals surface area contributed by atoms with Crippen molar-refractivity contribution in [3.63, 3.8) is 0 Å². The number of pyridine rings is 1. The third kappa shape index (κ3) is 2.63. The number of aryl methyl sites for hydroxylation is 1. The first kappa shape index (κ1) is 17.8. The first-order chi connectivity index (χ1) is 13.2. The molecule has 0 atom stereocenters. The number of alkyl halides is 3. The molecule has 3 aromatic heterocycles. The van der Waals surface area contributed by atoms with Gasteiger partial charge in [0.25, 0.3) is 5.56 Å². The van der Waals surface area contributed by atoms with Crippen LogP contribution in [0.4, 0.5) is 23.4 Å². The second-order valence-electron chi connectivity index (χ2n) is 6.09. The fourth-order valence-corrected chi connectivity index (χ4v) is 3.05. The van der Waals surface area contributed by atoms with Crippen LogP contribution in [0.5, 0.6) is 0 Å². The van der Waals surface area contributed by atoms with Gasteiger partial charge >= 0.3 is 6.18 Å². The molecule has 0 saturated heterocycles. The number of nitrogen functional groups attached to an aromatic ring is 1. The van der Waals surface area contributed by atoms with Gasteiger partial charge in [-0.2, -0.15) is 23.4 Å². The third-order valence-corrected chi connectivity index (χ3v) is 4.28. The Labute approximate surface area is 154 Å². The Balaban J connectivity index is 2.15. The molecule has 0 bridgehead atoms. The monoisotopic (exact) mass is 392 g/mol. The van der Waals surface area contributed by atoms with E-state index in [0.717, 1.165) is 18.3 Å². The Morgan fingerprint density at radius 1 is 1.21 bits per heavy atom. The molecule has 3 N–H and O–H groups in total. The molecule has 0 amide bonds. The minimum absolute atomic E-state index is 0.153. The molecule has 1 aromatic carbocycles. The highest BCUT2D eigenvalue weighted by Gasteiger charge is 2.36. The molecular formula is C17H12F4N6O. The lowest BCUT2D eigenvalue weighted by Crippen LogP contribution is -2.23.